The summed E-state index contributed by atoms with van der Waals surface area (Å²) in [6.45, 7) is 0.326. The van der Waals surface area contributed by atoms with E-state index in [1.54, 1.807) is 24.3 Å². The van der Waals surface area contributed by atoms with E-state index in [9.17, 15) is 14.0 Å². The van der Waals surface area contributed by atoms with Crippen molar-refractivity contribution in [3.63, 3.8) is 0 Å². The highest BCUT2D eigenvalue weighted by molar-refractivity contribution is 6.30. The zero-order valence-electron chi connectivity index (χ0n) is 12.9. The summed E-state index contributed by atoms with van der Waals surface area (Å²) < 4.78 is 15.6. The summed E-state index contributed by atoms with van der Waals surface area (Å²) in [4.78, 5) is 26.4. The highest BCUT2D eigenvalue weighted by Crippen LogP contribution is 2.23. The van der Waals surface area contributed by atoms with Gasteiger partial charge in [0, 0.05) is 10.7 Å². The zero-order valence-corrected chi connectivity index (χ0v) is 13.7. The molecule has 8 heteroatoms. The van der Waals surface area contributed by atoms with Gasteiger partial charge in [-0.15, -0.1) is 0 Å². The van der Waals surface area contributed by atoms with E-state index in [0.717, 1.165) is 10.1 Å². The molecule has 1 amide bonds. The Labute approximate surface area is 146 Å². The van der Waals surface area contributed by atoms with Gasteiger partial charge < -0.3 is 0 Å². The molecule has 0 atom stereocenters. The van der Waals surface area contributed by atoms with Crippen LogP contribution < -0.4 is 10.6 Å². The van der Waals surface area contributed by atoms with Crippen molar-refractivity contribution < 1.29 is 9.18 Å². The van der Waals surface area contributed by atoms with Crippen LogP contribution in [0, 0.1) is 5.82 Å². The molecule has 0 spiro atoms. The van der Waals surface area contributed by atoms with Crippen molar-refractivity contribution in [1.82, 2.24) is 14.3 Å². The van der Waals surface area contributed by atoms with Crippen molar-refractivity contribution in [2.45, 2.75) is 13.1 Å². The lowest BCUT2D eigenvalue weighted by molar-refractivity contribution is 0.250. The maximum atomic E-state index is 13.4. The molecular weight excluding hydrogens is 347 g/mol. The molecule has 1 aromatic heterocycles. The van der Waals surface area contributed by atoms with Gasteiger partial charge in [-0.3, -0.25) is 4.90 Å². The smallest absolute Gasteiger partial charge is 0.286 e. The third kappa shape index (κ3) is 2.72. The Morgan fingerprint density at radius 3 is 2.64 bits per heavy atom. The second-order valence-electron chi connectivity index (χ2n) is 5.67. The molecule has 25 heavy (non-hydrogen) atoms. The Bertz CT molecular complexity index is 1040. The molecule has 0 unspecified atom stereocenters. The fourth-order valence-electron chi connectivity index (χ4n) is 2.83. The standard InChI is InChI=1S/C17H12ClFN4O2/c18-12-4-1-3-11(7-12)9-22-17(25)23-15(20-22)10-21(16(23)24)14-6-2-5-13(19)8-14/h1-8H,9-10H2. The van der Waals surface area contributed by atoms with E-state index >= 15 is 0 Å². The summed E-state index contributed by atoms with van der Waals surface area (Å²) in [6.07, 6.45) is 0. The van der Waals surface area contributed by atoms with Crippen LogP contribution in [0.15, 0.2) is 53.3 Å². The van der Waals surface area contributed by atoms with Gasteiger partial charge in [0.2, 0.25) is 0 Å². The normalized spacial score (nSPS) is 13.4. The Kier molecular flexibility index (Phi) is 3.65. The van der Waals surface area contributed by atoms with Crippen LogP contribution in [0.4, 0.5) is 14.9 Å². The topological polar surface area (TPSA) is 60.1 Å². The number of carbonyl (C=O) groups excluding carboxylic acids is 1. The lowest BCUT2D eigenvalue weighted by Crippen LogP contribution is -2.35. The molecule has 3 aromatic rings. The van der Waals surface area contributed by atoms with Crippen LogP contribution in [-0.2, 0) is 13.1 Å². The Balaban J connectivity index is 1.65. The Hall–Kier alpha value is -2.93. The number of amides is 1. The molecule has 2 aromatic carbocycles. The van der Waals surface area contributed by atoms with Crippen molar-refractivity contribution in [3.05, 3.63) is 81.2 Å². The van der Waals surface area contributed by atoms with E-state index in [1.807, 2.05) is 6.07 Å². The van der Waals surface area contributed by atoms with Gasteiger partial charge in [0.1, 0.15) is 5.82 Å². The summed E-state index contributed by atoms with van der Waals surface area (Å²) in [7, 11) is 0. The number of benzene rings is 2. The molecule has 4 rings (SSSR count). The minimum absolute atomic E-state index is 0.111. The van der Waals surface area contributed by atoms with Gasteiger partial charge in [-0.1, -0.05) is 29.8 Å². The number of nitrogens with zero attached hydrogens (tertiary/aromatic N) is 4. The molecule has 1 aliphatic rings. The van der Waals surface area contributed by atoms with Crippen LogP contribution in [0.3, 0.4) is 0 Å². The number of anilines is 1. The third-order valence-electron chi connectivity index (χ3n) is 3.97. The first kappa shape index (κ1) is 15.6. The van der Waals surface area contributed by atoms with E-state index in [4.69, 9.17) is 11.6 Å². The van der Waals surface area contributed by atoms with Crippen LogP contribution in [0.2, 0.25) is 5.02 Å². The summed E-state index contributed by atoms with van der Waals surface area (Å²) in [5.41, 5.74) is 0.663. The molecule has 1 aliphatic heterocycles. The van der Waals surface area contributed by atoms with Crippen molar-refractivity contribution in [3.8, 4) is 0 Å². The molecule has 2 heterocycles. The molecule has 0 saturated heterocycles. The van der Waals surface area contributed by atoms with E-state index in [0.29, 0.717) is 16.5 Å². The number of aromatic nitrogens is 3. The van der Waals surface area contributed by atoms with Gasteiger partial charge in [0.05, 0.1) is 13.1 Å². The maximum absolute atomic E-state index is 13.4. The molecule has 126 valence electrons. The van der Waals surface area contributed by atoms with Crippen LogP contribution in [0.5, 0.6) is 0 Å². The second-order valence-corrected chi connectivity index (χ2v) is 6.11. The lowest BCUT2D eigenvalue weighted by atomic mass is 10.2. The summed E-state index contributed by atoms with van der Waals surface area (Å²) >= 11 is 5.94. The maximum Gasteiger partial charge on any atom is 0.354 e. The molecule has 6 nitrogen and oxygen atoms in total. The van der Waals surface area contributed by atoms with Gasteiger partial charge in [-0.05, 0) is 35.9 Å². The molecule has 0 N–H and O–H groups in total. The minimum Gasteiger partial charge on any atom is -0.286 e. The molecule has 0 aliphatic carbocycles. The van der Waals surface area contributed by atoms with Gasteiger partial charge in [0.15, 0.2) is 5.82 Å². The predicted molar refractivity (Wildman–Crippen MR) is 90.4 cm³/mol. The van der Waals surface area contributed by atoms with E-state index in [2.05, 4.69) is 5.10 Å². The number of rotatable bonds is 3. The molecule has 0 bridgehead atoms. The van der Waals surface area contributed by atoms with Crippen molar-refractivity contribution >= 4 is 23.3 Å². The zero-order chi connectivity index (χ0) is 17.6. The first-order chi connectivity index (χ1) is 12.0. The van der Waals surface area contributed by atoms with Gasteiger partial charge in [0.25, 0.3) is 0 Å². The molecular formula is C17H12ClFN4O2. The molecule has 0 saturated carbocycles. The van der Waals surface area contributed by atoms with Gasteiger partial charge in [-0.25, -0.2) is 18.7 Å². The van der Waals surface area contributed by atoms with E-state index < -0.39 is 17.5 Å². The predicted octanol–water partition coefficient (Wildman–Crippen LogP) is 2.87. The van der Waals surface area contributed by atoms with E-state index in [1.165, 1.54) is 27.8 Å². The Morgan fingerprint density at radius 2 is 1.92 bits per heavy atom. The van der Waals surface area contributed by atoms with Gasteiger partial charge >= 0.3 is 11.7 Å². The SMILES string of the molecule is O=C1N(c2cccc(F)c2)Cc2nn(Cc3cccc(Cl)c3)c(=O)n21. The highest BCUT2D eigenvalue weighted by Gasteiger charge is 2.33. The number of hydrogen-bond acceptors (Lipinski definition) is 3. The highest BCUT2D eigenvalue weighted by atomic mass is 35.5. The minimum atomic E-state index is -0.539. The average Bonchev–Trinajstić information content (AvgIpc) is 3.05. The second kappa shape index (κ2) is 5.86. The first-order valence-corrected chi connectivity index (χ1v) is 7.91. The Morgan fingerprint density at radius 1 is 1.12 bits per heavy atom. The number of hydrogen-bond donors (Lipinski definition) is 0. The summed E-state index contributed by atoms with van der Waals surface area (Å²) in [5, 5.41) is 4.79. The summed E-state index contributed by atoms with van der Waals surface area (Å²) in [6, 6.07) is 12.2. The van der Waals surface area contributed by atoms with Gasteiger partial charge in [-0.2, -0.15) is 9.67 Å². The fraction of sp³-hybridized carbons (Fsp3) is 0.118. The average molecular weight is 359 g/mol. The molecule has 0 fully saturated rings. The van der Waals surface area contributed by atoms with Crippen LogP contribution in [0.25, 0.3) is 0 Å². The van der Waals surface area contributed by atoms with Crippen molar-refractivity contribution in [2.75, 3.05) is 4.90 Å². The quantitative estimate of drug-likeness (QED) is 0.723. The van der Waals surface area contributed by atoms with E-state index in [-0.39, 0.29) is 13.1 Å². The summed E-state index contributed by atoms with van der Waals surface area (Å²) in [5.74, 6) is -0.130. The fourth-order valence-corrected chi connectivity index (χ4v) is 3.05. The molecule has 0 radical (unpaired) electrons. The van der Waals surface area contributed by atoms with Crippen LogP contribution in [-0.4, -0.2) is 20.4 Å². The largest absolute Gasteiger partial charge is 0.354 e. The van der Waals surface area contributed by atoms with Crippen LogP contribution in [0.1, 0.15) is 11.4 Å². The number of halogens is 2. The first-order valence-electron chi connectivity index (χ1n) is 7.53. The van der Waals surface area contributed by atoms with Crippen molar-refractivity contribution in [1.29, 1.82) is 0 Å². The van der Waals surface area contributed by atoms with Crippen LogP contribution >= 0.6 is 11.6 Å². The van der Waals surface area contributed by atoms with Crippen molar-refractivity contribution in [2.24, 2.45) is 0 Å². The monoisotopic (exact) mass is 358 g/mol. The number of carbonyl (C=O) groups is 1. The number of fused-ring (bicyclic) bond motifs is 1. The lowest BCUT2D eigenvalue weighted by Gasteiger charge is -2.14. The third-order valence-corrected chi connectivity index (χ3v) is 4.20.